The zero-order valence-electron chi connectivity index (χ0n) is 16.9. The summed E-state index contributed by atoms with van der Waals surface area (Å²) < 4.78 is 3.28. The summed E-state index contributed by atoms with van der Waals surface area (Å²) in [5, 5.41) is 5.49. The van der Waals surface area contributed by atoms with Gasteiger partial charge in [0.2, 0.25) is 5.91 Å². The Hall–Kier alpha value is -2.55. The minimum Gasteiger partial charge on any atom is -0.302 e. The van der Waals surface area contributed by atoms with Gasteiger partial charge in [-0.05, 0) is 56.3 Å². The zero-order chi connectivity index (χ0) is 21.2. The number of halogens is 1. The molecule has 0 aliphatic carbocycles. The number of likely N-dealkylation sites (tertiary alicyclic amines) is 1. The Morgan fingerprint density at radius 1 is 1.16 bits per heavy atom. The minimum absolute atomic E-state index is 0.0315. The number of rotatable bonds is 5. The first-order chi connectivity index (χ1) is 15.2. The SMILES string of the molecule is O=C(Nc1nccs1)C1CCN(Cc2nc3ccccc3n2-c2cccc(Br)c2)CC1. The summed E-state index contributed by atoms with van der Waals surface area (Å²) in [5.74, 6) is 1.13. The lowest BCUT2D eigenvalue weighted by Crippen LogP contribution is -2.38. The second-order valence-corrected chi connectivity index (χ2v) is 9.52. The molecule has 3 heterocycles. The Morgan fingerprint density at radius 3 is 2.77 bits per heavy atom. The standard InChI is InChI=1S/C23H22BrN5OS/c24-17-4-3-5-18(14-17)29-20-7-2-1-6-19(20)26-21(29)15-28-11-8-16(9-12-28)22(30)27-23-25-10-13-31-23/h1-7,10,13-14,16H,8-9,11-12,15H2,(H,25,27,30). The summed E-state index contributed by atoms with van der Waals surface area (Å²) in [6.07, 6.45) is 3.39. The number of nitrogens with zero attached hydrogens (tertiary/aromatic N) is 4. The third kappa shape index (κ3) is 4.42. The average Bonchev–Trinajstić information content (AvgIpc) is 3.41. The van der Waals surface area contributed by atoms with E-state index in [4.69, 9.17) is 4.98 Å². The van der Waals surface area contributed by atoms with Gasteiger partial charge in [0.05, 0.1) is 17.6 Å². The Balaban J connectivity index is 1.32. The van der Waals surface area contributed by atoms with Gasteiger partial charge in [-0.15, -0.1) is 11.3 Å². The maximum Gasteiger partial charge on any atom is 0.229 e. The molecule has 2 aromatic heterocycles. The Morgan fingerprint density at radius 2 is 2.00 bits per heavy atom. The number of nitrogens with one attached hydrogen (secondary N) is 1. The molecule has 1 amide bonds. The maximum atomic E-state index is 12.5. The predicted octanol–water partition coefficient (Wildman–Crippen LogP) is 5.10. The normalized spacial score (nSPS) is 15.4. The molecule has 1 saturated heterocycles. The minimum atomic E-state index is 0.0315. The molecule has 0 unspecified atom stereocenters. The molecule has 0 saturated carbocycles. The molecule has 6 nitrogen and oxygen atoms in total. The van der Waals surface area contributed by atoms with Crippen LogP contribution in [0.25, 0.3) is 16.7 Å². The molecule has 31 heavy (non-hydrogen) atoms. The van der Waals surface area contributed by atoms with Crippen LogP contribution in [0.15, 0.2) is 64.6 Å². The summed E-state index contributed by atoms with van der Waals surface area (Å²) >= 11 is 5.04. The molecular formula is C23H22BrN5OS. The van der Waals surface area contributed by atoms with Crippen molar-refractivity contribution in [3.63, 3.8) is 0 Å². The van der Waals surface area contributed by atoms with Crippen molar-refractivity contribution in [2.24, 2.45) is 5.92 Å². The van der Waals surface area contributed by atoms with E-state index in [9.17, 15) is 4.79 Å². The van der Waals surface area contributed by atoms with Crippen molar-refractivity contribution in [1.29, 1.82) is 0 Å². The summed E-state index contributed by atoms with van der Waals surface area (Å²) in [5.41, 5.74) is 3.19. The number of hydrogen-bond acceptors (Lipinski definition) is 5. The largest absolute Gasteiger partial charge is 0.302 e. The van der Waals surface area contributed by atoms with Gasteiger partial charge in [-0.3, -0.25) is 14.3 Å². The van der Waals surface area contributed by atoms with E-state index in [-0.39, 0.29) is 11.8 Å². The number of amides is 1. The third-order valence-electron chi connectivity index (χ3n) is 5.68. The smallest absolute Gasteiger partial charge is 0.229 e. The molecule has 1 N–H and O–H groups in total. The number of carbonyl (C=O) groups excluding carboxylic acids is 1. The van der Waals surface area contributed by atoms with Crippen LogP contribution < -0.4 is 5.32 Å². The van der Waals surface area contributed by atoms with Gasteiger partial charge >= 0.3 is 0 Å². The number of imidazole rings is 1. The molecule has 8 heteroatoms. The summed E-state index contributed by atoms with van der Waals surface area (Å²) in [6.45, 7) is 2.50. The van der Waals surface area contributed by atoms with Crippen molar-refractivity contribution in [2.45, 2.75) is 19.4 Å². The van der Waals surface area contributed by atoms with Gasteiger partial charge in [0.15, 0.2) is 5.13 Å². The second-order valence-electron chi connectivity index (χ2n) is 7.71. The fourth-order valence-electron chi connectivity index (χ4n) is 4.13. The van der Waals surface area contributed by atoms with Gasteiger partial charge in [0, 0.05) is 27.7 Å². The van der Waals surface area contributed by atoms with Crippen LogP contribution in [0.4, 0.5) is 5.13 Å². The molecule has 0 spiro atoms. The number of para-hydroxylation sites is 2. The Bertz CT molecular complexity index is 1200. The monoisotopic (exact) mass is 495 g/mol. The van der Waals surface area contributed by atoms with Gasteiger partial charge in [-0.25, -0.2) is 9.97 Å². The highest BCUT2D eigenvalue weighted by atomic mass is 79.9. The molecule has 1 fully saturated rings. The van der Waals surface area contributed by atoms with Crippen LogP contribution in [0.3, 0.4) is 0 Å². The molecule has 0 atom stereocenters. The van der Waals surface area contributed by atoms with Crippen LogP contribution in [0.5, 0.6) is 0 Å². The van der Waals surface area contributed by atoms with Crippen LogP contribution >= 0.6 is 27.3 Å². The Labute approximate surface area is 193 Å². The maximum absolute atomic E-state index is 12.5. The number of benzene rings is 2. The number of hydrogen-bond donors (Lipinski definition) is 1. The highest BCUT2D eigenvalue weighted by molar-refractivity contribution is 9.10. The molecule has 5 rings (SSSR count). The van der Waals surface area contributed by atoms with Crippen LogP contribution in [0.2, 0.25) is 0 Å². The zero-order valence-corrected chi connectivity index (χ0v) is 19.3. The molecule has 1 aliphatic heterocycles. The first kappa shape index (κ1) is 20.4. The molecule has 158 valence electrons. The first-order valence-electron chi connectivity index (χ1n) is 10.3. The van der Waals surface area contributed by atoms with Crippen molar-refractivity contribution in [2.75, 3.05) is 18.4 Å². The number of anilines is 1. The number of piperidine rings is 1. The fraction of sp³-hybridized carbons (Fsp3) is 0.261. The van der Waals surface area contributed by atoms with E-state index in [0.717, 1.165) is 59.5 Å². The Kier molecular flexibility index (Phi) is 5.85. The van der Waals surface area contributed by atoms with E-state index in [1.165, 1.54) is 11.3 Å². The summed E-state index contributed by atoms with van der Waals surface area (Å²) in [6, 6.07) is 16.6. The fourth-order valence-corrected chi connectivity index (χ4v) is 5.05. The van der Waals surface area contributed by atoms with Crippen LogP contribution in [0.1, 0.15) is 18.7 Å². The predicted molar refractivity (Wildman–Crippen MR) is 128 cm³/mol. The lowest BCUT2D eigenvalue weighted by Gasteiger charge is -2.31. The third-order valence-corrected chi connectivity index (χ3v) is 6.86. The van der Waals surface area contributed by atoms with Gasteiger partial charge < -0.3 is 5.32 Å². The van der Waals surface area contributed by atoms with Crippen molar-refractivity contribution < 1.29 is 4.79 Å². The topological polar surface area (TPSA) is 63.1 Å². The molecule has 2 aromatic carbocycles. The van der Waals surface area contributed by atoms with E-state index in [0.29, 0.717) is 5.13 Å². The van der Waals surface area contributed by atoms with Crippen molar-refractivity contribution in [3.05, 3.63) is 70.4 Å². The highest BCUT2D eigenvalue weighted by Gasteiger charge is 2.26. The van der Waals surface area contributed by atoms with Gasteiger partial charge in [-0.2, -0.15) is 0 Å². The van der Waals surface area contributed by atoms with Gasteiger partial charge in [-0.1, -0.05) is 34.1 Å². The van der Waals surface area contributed by atoms with E-state index in [1.807, 2.05) is 23.6 Å². The number of fused-ring (bicyclic) bond motifs is 1. The van der Waals surface area contributed by atoms with Crippen LogP contribution in [-0.4, -0.2) is 38.4 Å². The van der Waals surface area contributed by atoms with Gasteiger partial charge in [0.25, 0.3) is 0 Å². The lowest BCUT2D eigenvalue weighted by molar-refractivity contribution is -0.121. The van der Waals surface area contributed by atoms with Crippen molar-refractivity contribution in [3.8, 4) is 5.69 Å². The molecular weight excluding hydrogens is 474 g/mol. The first-order valence-corrected chi connectivity index (χ1v) is 12.0. The quantitative estimate of drug-likeness (QED) is 0.418. The average molecular weight is 496 g/mol. The summed E-state index contributed by atoms with van der Waals surface area (Å²) in [7, 11) is 0. The van der Waals surface area contributed by atoms with Crippen molar-refractivity contribution >= 4 is 49.3 Å². The number of carbonyl (C=O) groups is 1. The lowest BCUT2D eigenvalue weighted by atomic mass is 9.96. The molecule has 0 bridgehead atoms. The second kappa shape index (κ2) is 8.90. The van der Waals surface area contributed by atoms with Gasteiger partial charge in [0.1, 0.15) is 5.82 Å². The number of aromatic nitrogens is 3. The summed E-state index contributed by atoms with van der Waals surface area (Å²) in [4.78, 5) is 24.0. The van der Waals surface area contributed by atoms with Crippen molar-refractivity contribution in [1.82, 2.24) is 19.4 Å². The van der Waals surface area contributed by atoms with E-state index >= 15 is 0 Å². The number of thiazole rings is 1. The highest BCUT2D eigenvalue weighted by Crippen LogP contribution is 2.26. The molecule has 0 radical (unpaired) electrons. The van der Waals surface area contributed by atoms with Crippen LogP contribution in [0, 0.1) is 5.92 Å². The molecule has 4 aromatic rings. The molecule has 1 aliphatic rings. The van der Waals surface area contributed by atoms with E-state index < -0.39 is 0 Å². The van der Waals surface area contributed by atoms with Crippen LogP contribution in [-0.2, 0) is 11.3 Å². The van der Waals surface area contributed by atoms with E-state index in [1.54, 1.807) is 6.20 Å². The van der Waals surface area contributed by atoms with E-state index in [2.05, 4.69) is 66.0 Å².